The molecule has 0 radical (unpaired) electrons. The SMILES string of the molecule is C=CN1CCC2(CC1)C(=C)N(Cc1nc3ccc(Cl)cc3n1N)C1CCCCC12.CC. The van der Waals surface area contributed by atoms with Crippen LogP contribution in [0.25, 0.3) is 11.0 Å². The van der Waals surface area contributed by atoms with E-state index in [1.54, 1.807) is 4.68 Å². The molecule has 1 aromatic carbocycles. The van der Waals surface area contributed by atoms with Gasteiger partial charge >= 0.3 is 0 Å². The molecule has 0 amide bonds. The lowest BCUT2D eigenvalue weighted by Crippen LogP contribution is -2.42. The molecule has 2 atom stereocenters. The van der Waals surface area contributed by atoms with Crippen LogP contribution in [-0.2, 0) is 6.54 Å². The number of nitrogens with two attached hydrogens (primary N) is 1. The first-order valence-corrected chi connectivity index (χ1v) is 12.2. The molecule has 168 valence electrons. The molecule has 1 aromatic heterocycles. The Morgan fingerprint density at radius 2 is 1.94 bits per heavy atom. The average Bonchev–Trinajstić information content (AvgIpc) is 3.23. The van der Waals surface area contributed by atoms with Gasteiger partial charge in [-0.3, -0.25) is 0 Å². The Morgan fingerprint density at radius 1 is 1.23 bits per heavy atom. The van der Waals surface area contributed by atoms with Crippen molar-refractivity contribution in [1.82, 2.24) is 19.5 Å². The second-order valence-corrected chi connectivity index (χ2v) is 9.38. The predicted molar refractivity (Wildman–Crippen MR) is 130 cm³/mol. The summed E-state index contributed by atoms with van der Waals surface area (Å²) in [5, 5.41) is 0.682. The minimum Gasteiger partial charge on any atom is -0.378 e. The van der Waals surface area contributed by atoms with Crippen LogP contribution < -0.4 is 5.84 Å². The van der Waals surface area contributed by atoms with Gasteiger partial charge in [-0.25, -0.2) is 9.66 Å². The van der Waals surface area contributed by atoms with Crippen molar-refractivity contribution in [2.45, 2.75) is 65.0 Å². The first-order valence-electron chi connectivity index (χ1n) is 11.8. The largest absolute Gasteiger partial charge is 0.378 e. The van der Waals surface area contributed by atoms with E-state index in [-0.39, 0.29) is 5.41 Å². The summed E-state index contributed by atoms with van der Waals surface area (Å²) in [5.41, 5.74) is 3.31. The summed E-state index contributed by atoms with van der Waals surface area (Å²) in [6.07, 6.45) is 9.52. The van der Waals surface area contributed by atoms with Gasteiger partial charge in [-0.1, -0.05) is 51.4 Å². The summed E-state index contributed by atoms with van der Waals surface area (Å²) >= 11 is 6.17. The zero-order chi connectivity index (χ0) is 22.2. The third-order valence-corrected chi connectivity index (χ3v) is 7.98. The Kier molecular flexibility index (Phi) is 6.25. The molecule has 31 heavy (non-hydrogen) atoms. The van der Waals surface area contributed by atoms with Crippen LogP contribution >= 0.6 is 11.6 Å². The number of halogens is 1. The van der Waals surface area contributed by atoms with Crippen molar-refractivity contribution < 1.29 is 0 Å². The van der Waals surface area contributed by atoms with Crippen molar-refractivity contribution in [2.24, 2.45) is 11.3 Å². The molecule has 2 aliphatic heterocycles. The van der Waals surface area contributed by atoms with Gasteiger partial charge in [0, 0.05) is 35.3 Å². The molecule has 2 N–H and O–H groups in total. The molecule has 3 aliphatic rings. The molecule has 2 saturated heterocycles. The summed E-state index contributed by atoms with van der Waals surface area (Å²) in [6.45, 7) is 15.5. The summed E-state index contributed by atoms with van der Waals surface area (Å²) in [6, 6.07) is 6.26. The number of hydrogen-bond donors (Lipinski definition) is 1. The van der Waals surface area contributed by atoms with Crippen LogP contribution in [0.15, 0.2) is 43.3 Å². The van der Waals surface area contributed by atoms with E-state index in [1.807, 2.05) is 38.2 Å². The van der Waals surface area contributed by atoms with E-state index < -0.39 is 0 Å². The monoisotopic (exact) mass is 441 g/mol. The Labute approximate surface area is 191 Å². The van der Waals surface area contributed by atoms with E-state index >= 15 is 0 Å². The van der Waals surface area contributed by atoms with Crippen molar-refractivity contribution in [3.8, 4) is 0 Å². The van der Waals surface area contributed by atoms with Crippen LogP contribution in [-0.4, -0.2) is 38.6 Å². The second-order valence-electron chi connectivity index (χ2n) is 8.94. The predicted octanol–water partition coefficient (Wildman–Crippen LogP) is 5.54. The Balaban J connectivity index is 0.00000112. The van der Waals surface area contributed by atoms with E-state index in [2.05, 4.69) is 23.0 Å². The highest BCUT2D eigenvalue weighted by Gasteiger charge is 2.55. The van der Waals surface area contributed by atoms with Gasteiger partial charge < -0.3 is 15.6 Å². The first kappa shape index (κ1) is 22.1. The maximum atomic E-state index is 6.43. The topological polar surface area (TPSA) is 50.3 Å². The zero-order valence-electron chi connectivity index (χ0n) is 19.0. The smallest absolute Gasteiger partial charge is 0.147 e. The Hall–Kier alpha value is -2.14. The highest BCUT2D eigenvalue weighted by atomic mass is 35.5. The van der Waals surface area contributed by atoms with Crippen LogP contribution in [0.5, 0.6) is 0 Å². The minimum atomic E-state index is 0.222. The highest BCUT2D eigenvalue weighted by Crippen LogP contribution is 2.58. The van der Waals surface area contributed by atoms with E-state index in [0.29, 0.717) is 17.0 Å². The number of nitrogens with zero attached hydrogens (tertiary/aromatic N) is 4. The van der Waals surface area contributed by atoms with Crippen molar-refractivity contribution >= 4 is 22.6 Å². The standard InChI is InChI=1S/C23H30ClN5.C2H6/c1-3-27-12-10-23(11-13-27)16(2)28(20-7-5-4-6-18(20)23)15-22-26-19-9-8-17(24)14-21(19)29(22)25;1-2/h3,8-9,14,18,20H,1-2,4-7,10-13,15,25H2;1-2H3. The van der Waals surface area contributed by atoms with Gasteiger partial charge in [0.15, 0.2) is 0 Å². The molecule has 1 saturated carbocycles. The lowest BCUT2D eigenvalue weighted by atomic mass is 9.64. The van der Waals surface area contributed by atoms with Gasteiger partial charge in [0.2, 0.25) is 0 Å². The number of fused-ring (bicyclic) bond motifs is 3. The quantitative estimate of drug-likeness (QED) is 0.635. The van der Waals surface area contributed by atoms with Gasteiger partial charge in [0.1, 0.15) is 5.82 Å². The molecule has 2 unspecified atom stereocenters. The first-order chi connectivity index (χ1) is 15.0. The summed E-state index contributed by atoms with van der Waals surface area (Å²) in [5.74, 6) is 8.00. The number of piperidine rings is 1. The van der Waals surface area contributed by atoms with Gasteiger partial charge in [0.25, 0.3) is 0 Å². The van der Waals surface area contributed by atoms with Gasteiger partial charge in [-0.2, -0.15) is 0 Å². The van der Waals surface area contributed by atoms with Crippen LogP contribution in [0, 0.1) is 11.3 Å². The second kappa shape index (κ2) is 8.78. The average molecular weight is 442 g/mol. The van der Waals surface area contributed by atoms with E-state index in [1.165, 1.54) is 44.2 Å². The fourth-order valence-corrected chi connectivity index (χ4v) is 6.35. The Morgan fingerprint density at radius 3 is 2.65 bits per heavy atom. The van der Waals surface area contributed by atoms with E-state index in [4.69, 9.17) is 22.4 Å². The third kappa shape index (κ3) is 3.61. The molecule has 6 heteroatoms. The van der Waals surface area contributed by atoms with Crippen molar-refractivity contribution in [1.29, 1.82) is 0 Å². The van der Waals surface area contributed by atoms with E-state index in [0.717, 1.165) is 36.5 Å². The number of aromatic nitrogens is 2. The fourth-order valence-electron chi connectivity index (χ4n) is 6.19. The molecule has 5 rings (SSSR count). The van der Waals surface area contributed by atoms with E-state index in [9.17, 15) is 0 Å². The van der Waals surface area contributed by atoms with Crippen molar-refractivity contribution in [3.05, 3.63) is 54.1 Å². The van der Waals surface area contributed by atoms with Crippen LogP contribution in [0.2, 0.25) is 5.02 Å². The van der Waals surface area contributed by atoms with Gasteiger partial charge in [-0.05, 0) is 56.0 Å². The molecule has 1 aliphatic carbocycles. The summed E-state index contributed by atoms with van der Waals surface area (Å²) in [4.78, 5) is 9.71. The number of hydrogen-bond acceptors (Lipinski definition) is 4. The summed E-state index contributed by atoms with van der Waals surface area (Å²) < 4.78 is 1.71. The van der Waals surface area contributed by atoms with Gasteiger partial charge in [0.05, 0.1) is 17.6 Å². The normalized spacial score (nSPS) is 24.8. The van der Waals surface area contributed by atoms with Crippen LogP contribution in [0.4, 0.5) is 0 Å². The molecule has 0 bridgehead atoms. The Bertz CT molecular complexity index is 956. The molecular weight excluding hydrogens is 406 g/mol. The molecular formula is C25H36ClN5. The fraction of sp³-hybridized carbons (Fsp3) is 0.560. The molecule has 3 heterocycles. The number of rotatable bonds is 3. The van der Waals surface area contributed by atoms with Crippen LogP contribution in [0.1, 0.15) is 58.2 Å². The number of allylic oxidation sites excluding steroid dienone is 1. The molecule has 2 aromatic rings. The van der Waals surface area contributed by atoms with Crippen molar-refractivity contribution in [3.63, 3.8) is 0 Å². The van der Waals surface area contributed by atoms with Crippen LogP contribution in [0.3, 0.4) is 0 Å². The summed E-state index contributed by atoms with van der Waals surface area (Å²) in [7, 11) is 0. The highest BCUT2D eigenvalue weighted by molar-refractivity contribution is 6.31. The molecule has 5 nitrogen and oxygen atoms in total. The van der Waals surface area contributed by atoms with Gasteiger partial charge in [-0.15, -0.1) is 0 Å². The zero-order valence-corrected chi connectivity index (χ0v) is 19.7. The number of benzene rings is 1. The lowest BCUT2D eigenvalue weighted by Gasteiger charge is -2.44. The maximum Gasteiger partial charge on any atom is 0.147 e. The molecule has 3 fully saturated rings. The maximum absolute atomic E-state index is 6.43. The number of nitrogen functional groups attached to an aromatic ring is 1. The van der Waals surface area contributed by atoms with Crippen molar-refractivity contribution in [2.75, 3.05) is 18.9 Å². The lowest BCUT2D eigenvalue weighted by molar-refractivity contribution is 0.0930. The minimum absolute atomic E-state index is 0.222. The number of likely N-dealkylation sites (tertiary alicyclic amines) is 2. The molecule has 1 spiro atoms. The third-order valence-electron chi connectivity index (χ3n) is 7.75. The number of imidazole rings is 1.